The first-order valence-electron chi connectivity index (χ1n) is 9.47. The Labute approximate surface area is 165 Å². The lowest BCUT2D eigenvalue weighted by molar-refractivity contribution is 0.122. The van der Waals surface area contributed by atoms with E-state index < -0.39 is 0 Å². The Morgan fingerprint density at radius 3 is 2.68 bits per heavy atom. The largest absolute Gasteiger partial charge is 0.476 e. The molecule has 1 aliphatic heterocycles. The molecule has 0 spiro atoms. The average Bonchev–Trinajstić information content (AvgIpc) is 2.72. The van der Waals surface area contributed by atoms with Crippen LogP contribution in [0.15, 0.2) is 29.4 Å². The van der Waals surface area contributed by atoms with Crippen molar-refractivity contribution in [2.24, 2.45) is 10.9 Å². The first kappa shape index (κ1) is 20.0. The molecule has 150 valence electrons. The van der Waals surface area contributed by atoms with Gasteiger partial charge in [-0.25, -0.2) is 4.98 Å². The van der Waals surface area contributed by atoms with Gasteiger partial charge in [-0.2, -0.15) is 10.1 Å². The summed E-state index contributed by atoms with van der Waals surface area (Å²) in [4.78, 5) is 11.4. The second kappa shape index (κ2) is 9.48. The van der Waals surface area contributed by atoms with Crippen LogP contribution in [0.2, 0.25) is 0 Å². The monoisotopic (exact) mass is 384 g/mol. The molecule has 1 aliphatic rings. The summed E-state index contributed by atoms with van der Waals surface area (Å²) in [6, 6.07) is 7.93. The van der Waals surface area contributed by atoms with Gasteiger partial charge in [0.1, 0.15) is 18.0 Å². The van der Waals surface area contributed by atoms with E-state index in [0.29, 0.717) is 43.1 Å². The summed E-state index contributed by atoms with van der Waals surface area (Å²) in [7, 11) is 1.88. The average molecular weight is 384 g/mol. The summed E-state index contributed by atoms with van der Waals surface area (Å²) in [5, 5.41) is 7.10. The van der Waals surface area contributed by atoms with Crippen molar-refractivity contribution in [2.75, 3.05) is 51.4 Å². The third-order valence-electron chi connectivity index (χ3n) is 4.74. The van der Waals surface area contributed by atoms with Gasteiger partial charge in [-0.15, -0.1) is 0 Å². The molecule has 1 aromatic heterocycles. The van der Waals surface area contributed by atoms with E-state index in [9.17, 15) is 0 Å². The second-order valence-corrected chi connectivity index (χ2v) is 6.72. The summed E-state index contributed by atoms with van der Waals surface area (Å²) in [6.45, 7) is 8.15. The minimum absolute atomic E-state index is 0.506. The number of hydrogen-bond donors (Lipinski definition) is 2. The number of nitrogens with one attached hydrogen (secondary N) is 1. The molecule has 8 nitrogen and oxygen atoms in total. The zero-order chi connectivity index (χ0) is 19.9. The quantitative estimate of drug-likeness (QED) is 0.321. The van der Waals surface area contributed by atoms with Crippen LogP contribution in [0.4, 0.5) is 5.95 Å². The summed E-state index contributed by atoms with van der Waals surface area (Å²) in [5.74, 6) is 6.88. The van der Waals surface area contributed by atoms with Crippen LogP contribution in [0.1, 0.15) is 22.4 Å². The van der Waals surface area contributed by atoms with Crippen molar-refractivity contribution < 1.29 is 9.47 Å². The fourth-order valence-electron chi connectivity index (χ4n) is 2.95. The highest BCUT2D eigenvalue weighted by atomic mass is 16.5. The van der Waals surface area contributed by atoms with E-state index in [0.717, 1.165) is 25.2 Å². The van der Waals surface area contributed by atoms with Gasteiger partial charge in [0, 0.05) is 31.3 Å². The Bertz CT molecular complexity index is 833. The number of morpholine rings is 1. The van der Waals surface area contributed by atoms with Gasteiger partial charge in [-0.05, 0) is 38.1 Å². The molecule has 1 aromatic carbocycles. The Morgan fingerprint density at radius 2 is 2.00 bits per heavy atom. The highest BCUT2D eigenvalue weighted by Crippen LogP contribution is 2.21. The van der Waals surface area contributed by atoms with Crippen LogP contribution in [-0.4, -0.2) is 62.2 Å². The topological polar surface area (TPSA) is 97.9 Å². The van der Waals surface area contributed by atoms with Gasteiger partial charge in [0.2, 0.25) is 11.8 Å². The minimum atomic E-state index is 0.506. The van der Waals surface area contributed by atoms with E-state index >= 15 is 0 Å². The van der Waals surface area contributed by atoms with Gasteiger partial charge in [-0.1, -0.05) is 12.1 Å². The smallest absolute Gasteiger partial charge is 0.229 e. The predicted molar refractivity (Wildman–Crippen MR) is 110 cm³/mol. The molecule has 3 N–H and O–H groups in total. The fraction of sp³-hybridized carbons (Fsp3) is 0.450. The van der Waals surface area contributed by atoms with Crippen molar-refractivity contribution in [1.82, 2.24) is 15.3 Å². The van der Waals surface area contributed by atoms with Crippen LogP contribution in [0.5, 0.6) is 5.88 Å². The molecule has 0 radical (unpaired) electrons. The van der Waals surface area contributed by atoms with Crippen molar-refractivity contribution in [3.63, 3.8) is 0 Å². The van der Waals surface area contributed by atoms with Gasteiger partial charge in [0.05, 0.1) is 13.2 Å². The van der Waals surface area contributed by atoms with Crippen molar-refractivity contribution in [3.8, 4) is 5.88 Å². The molecular formula is C20H28N6O2. The zero-order valence-corrected chi connectivity index (χ0v) is 16.7. The summed E-state index contributed by atoms with van der Waals surface area (Å²) >= 11 is 0. The molecule has 28 heavy (non-hydrogen) atoms. The lowest BCUT2D eigenvalue weighted by Gasteiger charge is -2.27. The van der Waals surface area contributed by atoms with E-state index in [2.05, 4.69) is 46.3 Å². The molecule has 0 bridgehead atoms. The molecule has 0 aliphatic carbocycles. The fourth-order valence-corrected chi connectivity index (χ4v) is 2.95. The van der Waals surface area contributed by atoms with Crippen LogP contribution in [0.25, 0.3) is 0 Å². The van der Waals surface area contributed by atoms with Crippen LogP contribution in [0.3, 0.4) is 0 Å². The Kier molecular flexibility index (Phi) is 6.78. The normalized spacial score (nSPS) is 15.0. The van der Waals surface area contributed by atoms with Crippen LogP contribution in [-0.2, 0) is 4.74 Å². The van der Waals surface area contributed by atoms with Crippen molar-refractivity contribution in [3.05, 3.63) is 46.6 Å². The van der Waals surface area contributed by atoms with Crippen LogP contribution in [0, 0.1) is 13.8 Å². The maximum absolute atomic E-state index is 5.82. The predicted octanol–water partition coefficient (Wildman–Crippen LogP) is 1.24. The number of aromatic nitrogens is 2. The number of anilines is 1. The minimum Gasteiger partial charge on any atom is -0.476 e. The summed E-state index contributed by atoms with van der Waals surface area (Å²) in [5.41, 5.74) is 4.55. The third kappa shape index (κ3) is 4.76. The molecule has 0 amide bonds. The first-order valence-corrected chi connectivity index (χ1v) is 9.47. The number of benzene rings is 1. The molecule has 0 saturated carbocycles. The van der Waals surface area contributed by atoms with E-state index in [-0.39, 0.29) is 0 Å². The highest BCUT2D eigenvalue weighted by Gasteiger charge is 2.19. The van der Waals surface area contributed by atoms with Gasteiger partial charge < -0.3 is 25.5 Å². The summed E-state index contributed by atoms with van der Waals surface area (Å²) in [6.07, 6.45) is 0. The lowest BCUT2D eigenvalue weighted by atomic mass is 10.0. The number of aryl methyl sites for hydroxylation is 2. The molecular weight excluding hydrogens is 356 g/mol. The number of likely N-dealkylation sites (N-methyl/N-ethyl adjacent to an activating group) is 1. The highest BCUT2D eigenvalue weighted by molar-refractivity contribution is 6.12. The molecule has 2 aromatic rings. The number of nitrogens with zero attached hydrogens (tertiary/aromatic N) is 4. The van der Waals surface area contributed by atoms with Crippen molar-refractivity contribution >= 4 is 11.7 Å². The maximum atomic E-state index is 5.82. The van der Waals surface area contributed by atoms with Gasteiger partial charge in [0.25, 0.3) is 0 Å². The van der Waals surface area contributed by atoms with Gasteiger partial charge in [0.15, 0.2) is 0 Å². The summed E-state index contributed by atoms with van der Waals surface area (Å²) < 4.78 is 11.3. The number of nitrogens with two attached hydrogens (primary N) is 1. The van der Waals surface area contributed by atoms with E-state index in [1.54, 1.807) is 6.07 Å². The van der Waals surface area contributed by atoms with Crippen molar-refractivity contribution in [2.45, 2.75) is 13.8 Å². The van der Waals surface area contributed by atoms with Crippen molar-refractivity contribution in [1.29, 1.82) is 0 Å². The third-order valence-corrected chi connectivity index (χ3v) is 4.74. The van der Waals surface area contributed by atoms with Gasteiger partial charge >= 0.3 is 0 Å². The van der Waals surface area contributed by atoms with Crippen LogP contribution >= 0.6 is 0 Å². The number of hydrogen-bond acceptors (Lipinski definition) is 8. The molecule has 1 fully saturated rings. The molecule has 3 rings (SSSR count). The number of hydrazone groups is 1. The lowest BCUT2D eigenvalue weighted by Crippen LogP contribution is -2.37. The van der Waals surface area contributed by atoms with Crippen LogP contribution < -0.4 is 20.8 Å². The SMILES string of the molecule is CNCCOc1cc(C(=NN)c2ccc(C)c(C)c2)nc(N2CCOCC2)n1. The Hall–Kier alpha value is -2.71. The number of rotatable bonds is 7. The standard InChI is InChI=1S/C20H28N6O2/c1-14-4-5-16(12-15(14)2)19(25-21)17-13-18(28-9-6-22-3)24-20(23-17)26-7-10-27-11-8-26/h4-5,12-13,22H,6-11,21H2,1-3H3. The maximum Gasteiger partial charge on any atom is 0.229 e. The second-order valence-electron chi connectivity index (χ2n) is 6.72. The molecule has 0 atom stereocenters. The Morgan fingerprint density at radius 1 is 1.21 bits per heavy atom. The molecule has 8 heteroatoms. The van der Waals surface area contributed by atoms with E-state index in [1.807, 2.05) is 13.1 Å². The molecule has 2 heterocycles. The zero-order valence-electron chi connectivity index (χ0n) is 16.7. The first-order chi connectivity index (χ1) is 13.6. The Balaban J connectivity index is 1.98. The van der Waals surface area contributed by atoms with E-state index in [4.69, 9.17) is 20.3 Å². The van der Waals surface area contributed by atoms with E-state index in [1.165, 1.54) is 11.1 Å². The number of ether oxygens (including phenoxy) is 2. The molecule has 1 saturated heterocycles. The molecule has 0 unspecified atom stereocenters. The van der Waals surface area contributed by atoms with Gasteiger partial charge in [-0.3, -0.25) is 0 Å².